The van der Waals surface area contributed by atoms with Crippen LogP contribution in [-0.4, -0.2) is 46.9 Å². The van der Waals surface area contributed by atoms with Crippen LogP contribution in [0.1, 0.15) is 278 Å². The minimum atomic E-state index is -0.795. The van der Waals surface area contributed by atoms with Crippen molar-refractivity contribution in [2.75, 3.05) is 6.61 Å². The molecule has 3 unspecified atom stereocenters. The van der Waals surface area contributed by atoms with Gasteiger partial charge in [0.1, 0.15) is 6.10 Å². The lowest BCUT2D eigenvalue weighted by Gasteiger charge is -2.24. The molecule has 0 radical (unpaired) electrons. The van der Waals surface area contributed by atoms with Gasteiger partial charge in [-0.15, -0.1) is 0 Å². The molecule has 0 aliphatic rings. The number of nitrogens with one attached hydrogen (secondary N) is 1. The number of aliphatic hydroxyl groups excluding tert-OH is 2. The number of amides is 1. The predicted molar refractivity (Wildman–Crippen MR) is 273 cm³/mol. The van der Waals surface area contributed by atoms with Gasteiger partial charge in [0, 0.05) is 6.42 Å². The zero-order chi connectivity index (χ0) is 45.9. The molecule has 3 N–H and O–H groups in total. The maximum Gasteiger partial charge on any atom is 0.306 e. The van der Waals surface area contributed by atoms with Gasteiger partial charge < -0.3 is 20.3 Å². The summed E-state index contributed by atoms with van der Waals surface area (Å²) in [4.78, 5) is 26.2. The largest absolute Gasteiger partial charge is 0.462 e. The average Bonchev–Trinajstić information content (AvgIpc) is 3.28. The highest BCUT2D eigenvalue weighted by Crippen LogP contribution is 2.18. The van der Waals surface area contributed by atoms with Crippen molar-refractivity contribution in [1.82, 2.24) is 5.32 Å². The van der Waals surface area contributed by atoms with E-state index in [0.717, 1.165) is 89.9 Å². The fourth-order valence-electron chi connectivity index (χ4n) is 8.18. The van der Waals surface area contributed by atoms with E-state index < -0.39 is 18.2 Å². The number of hydrogen-bond acceptors (Lipinski definition) is 5. The van der Waals surface area contributed by atoms with E-state index in [4.69, 9.17) is 4.74 Å². The Labute approximate surface area is 391 Å². The predicted octanol–water partition coefficient (Wildman–Crippen LogP) is 16.6. The molecule has 3 atom stereocenters. The zero-order valence-electron chi connectivity index (χ0n) is 42.0. The van der Waals surface area contributed by atoms with Gasteiger partial charge in [0.05, 0.1) is 25.2 Å². The van der Waals surface area contributed by atoms with Crippen LogP contribution < -0.4 is 5.32 Å². The van der Waals surface area contributed by atoms with Crippen LogP contribution in [0.15, 0.2) is 48.6 Å². The molecule has 63 heavy (non-hydrogen) atoms. The summed E-state index contributed by atoms with van der Waals surface area (Å²) in [5.74, 6) is -0.500. The highest BCUT2D eigenvalue weighted by molar-refractivity contribution is 5.77. The molecular formula is C57H105NO5. The molecule has 0 aliphatic heterocycles. The van der Waals surface area contributed by atoms with Crippen LogP contribution in [0.3, 0.4) is 0 Å². The first-order valence-corrected chi connectivity index (χ1v) is 27.4. The number of rotatable bonds is 49. The van der Waals surface area contributed by atoms with Crippen LogP contribution in [0.2, 0.25) is 0 Å². The van der Waals surface area contributed by atoms with Gasteiger partial charge in [0.25, 0.3) is 0 Å². The number of allylic oxidation sites excluding steroid dienone is 8. The quantitative estimate of drug-likeness (QED) is 0.0321. The minimum Gasteiger partial charge on any atom is -0.462 e. The summed E-state index contributed by atoms with van der Waals surface area (Å²) in [7, 11) is 0. The van der Waals surface area contributed by atoms with Crippen LogP contribution in [0.4, 0.5) is 0 Å². The van der Waals surface area contributed by atoms with Crippen molar-refractivity contribution in [1.29, 1.82) is 0 Å². The van der Waals surface area contributed by atoms with Crippen LogP contribution in [0.25, 0.3) is 0 Å². The van der Waals surface area contributed by atoms with Crippen LogP contribution in [-0.2, 0) is 14.3 Å². The molecular weight excluding hydrogens is 779 g/mol. The number of carbonyl (C=O) groups excluding carboxylic acids is 2. The Morgan fingerprint density at radius 2 is 0.825 bits per heavy atom. The molecule has 0 spiro atoms. The van der Waals surface area contributed by atoms with Crippen molar-refractivity contribution in [2.24, 2.45) is 0 Å². The van der Waals surface area contributed by atoms with Crippen molar-refractivity contribution in [3.05, 3.63) is 48.6 Å². The molecule has 6 nitrogen and oxygen atoms in total. The number of unbranched alkanes of at least 4 members (excludes halogenated alkanes) is 29. The second-order valence-electron chi connectivity index (χ2n) is 18.6. The van der Waals surface area contributed by atoms with Crippen LogP contribution in [0, 0.1) is 0 Å². The molecule has 0 fully saturated rings. The van der Waals surface area contributed by atoms with Crippen LogP contribution >= 0.6 is 0 Å². The third-order valence-electron chi connectivity index (χ3n) is 12.4. The lowest BCUT2D eigenvalue weighted by Crippen LogP contribution is -2.46. The van der Waals surface area contributed by atoms with Gasteiger partial charge in [-0.3, -0.25) is 9.59 Å². The first-order valence-electron chi connectivity index (χ1n) is 27.4. The summed E-state index contributed by atoms with van der Waals surface area (Å²) < 4.78 is 5.93. The molecule has 0 saturated heterocycles. The fraction of sp³-hybridized carbons (Fsp3) is 0.825. The number of hydrogen-bond donors (Lipinski definition) is 3. The third-order valence-corrected chi connectivity index (χ3v) is 12.4. The SMILES string of the molecule is CCCC/C=C\CCCCCCCC(=O)OC(CCCCCC/C=C\C/C=C\C/C=C\CCCCC)CC(=O)NC(CO)C(O)CCCCCCCCCCCCCCCCCC. The minimum absolute atomic E-state index is 0.0602. The van der Waals surface area contributed by atoms with Crippen molar-refractivity contribution in [2.45, 2.75) is 296 Å². The average molecular weight is 884 g/mol. The Balaban J connectivity index is 4.57. The Hall–Kier alpha value is -2.18. The van der Waals surface area contributed by atoms with Gasteiger partial charge in [0.2, 0.25) is 5.91 Å². The summed E-state index contributed by atoms with van der Waals surface area (Å²) >= 11 is 0. The number of ether oxygens (including phenoxy) is 1. The molecule has 0 bridgehead atoms. The van der Waals surface area contributed by atoms with Gasteiger partial charge in [-0.1, -0.05) is 230 Å². The topological polar surface area (TPSA) is 95.9 Å². The number of aliphatic hydroxyl groups is 2. The van der Waals surface area contributed by atoms with Crippen molar-refractivity contribution < 1.29 is 24.5 Å². The maximum absolute atomic E-state index is 13.2. The molecule has 0 aromatic heterocycles. The molecule has 0 aliphatic carbocycles. The molecule has 6 heteroatoms. The Bertz CT molecular complexity index is 1080. The first-order chi connectivity index (χ1) is 31.0. The summed E-state index contributed by atoms with van der Waals surface area (Å²) in [5, 5.41) is 23.8. The normalized spacial score (nSPS) is 13.5. The van der Waals surface area contributed by atoms with Crippen molar-refractivity contribution in [3.8, 4) is 0 Å². The second-order valence-corrected chi connectivity index (χ2v) is 18.6. The second kappa shape index (κ2) is 50.8. The number of carbonyl (C=O) groups is 2. The van der Waals surface area contributed by atoms with E-state index in [2.05, 4.69) is 74.7 Å². The monoisotopic (exact) mass is 884 g/mol. The van der Waals surface area contributed by atoms with Gasteiger partial charge in [0.15, 0.2) is 0 Å². The summed E-state index contributed by atoms with van der Waals surface area (Å²) in [6, 6.07) is -0.710. The Kier molecular flexibility index (Phi) is 49.1. The third kappa shape index (κ3) is 46.2. The van der Waals surface area contributed by atoms with E-state index in [-0.39, 0.29) is 24.9 Å². The van der Waals surface area contributed by atoms with E-state index in [1.165, 1.54) is 141 Å². The van der Waals surface area contributed by atoms with Gasteiger partial charge in [-0.25, -0.2) is 0 Å². The number of esters is 1. The van der Waals surface area contributed by atoms with E-state index in [0.29, 0.717) is 19.3 Å². The standard InChI is InChI=1S/C57H105NO5/c1-4-7-10-13-16-19-22-24-26-28-29-31-34-36-39-42-45-48-53(63-57(62)50-47-44-41-38-33-21-18-15-12-9-6-3)51-56(61)58-54(52-59)55(60)49-46-43-40-37-35-32-30-27-25-23-20-17-14-11-8-5-2/h15-16,18-19,24,26,29,31,53-55,59-60H,4-14,17,20-23,25,27-28,30,32-52H2,1-3H3,(H,58,61)/b18-15-,19-16-,26-24-,31-29-. The van der Waals surface area contributed by atoms with E-state index in [1.54, 1.807) is 0 Å². The van der Waals surface area contributed by atoms with E-state index in [1.807, 2.05) is 0 Å². The fourth-order valence-corrected chi connectivity index (χ4v) is 8.18. The first kappa shape index (κ1) is 60.8. The lowest BCUT2D eigenvalue weighted by molar-refractivity contribution is -0.151. The molecule has 1 amide bonds. The van der Waals surface area contributed by atoms with Gasteiger partial charge in [-0.2, -0.15) is 0 Å². The highest BCUT2D eigenvalue weighted by atomic mass is 16.5. The molecule has 368 valence electrons. The van der Waals surface area contributed by atoms with E-state index >= 15 is 0 Å². The summed E-state index contributed by atoms with van der Waals surface area (Å²) in [6.45, 7) is 6.43. The summed E-state index contributed by atoms with van der Waals surface area (Å²) in [5.41, 5.74) is 0. The summed E-state index contributed by atoms with van der Waals surface area (Å²) in [6.07, 6.45) is 61.7. The highest BCUT2D eigenvalue weighted by Gasteiger charge is 2.24. The van der Waals surface area contributed by atoms with Gasteiger partial charge in [-0.05, 0) is 83.5 Å². The van der Waals surface area contributed by atoms with Gasteiger partial charge >= 0.3 is 5.97 Å². The van der Waals surface area contributed by atoms with Crippen molar-refractivity contribution >= 4 is 11.9 Å². The molecule has 0 aromatic rings. The lowest BCUT2D eigenvalue weighted by atomic mass is 10.0. The maximum atomic E-state index is 13.2. The Morgan fingerprint density at radius 1 is 0.460 bits per heavy atom. The van der Waals surface area contributed by atoms with Crippen LogP contribution in [0.5, 0.6) is 0 Å². The smallest absolute Gasteiger partial charge is 0.306 e. The Morgan fingerprint density at radius 3 is 1.32 bits per heavy atom. The molecule has 0 saturated carbocycles. The molecule has 0 aromatic carbocycles. The van der Waals surface area contributed by atoms with Crippen molar-refractivity contribution in [3.63, 3.8) is 0 Å². The zero-order valence-corrected chi connectivity index (χ0v) is 42.0. The molecule has 0 rings (SSSR count). The van der Waals surface area contributed by atoms with E-state index in [9.17, 15) is 19.8 Å². The molecule has 0 heterocycles.